The Labute approximate surface area is 118 Å². The SMILES string of the molecule is CCc1ccc(C#Cc2ccc(OC#CF)cc2)cc1. The van der Waals surface area contributed by atoms with Gasteiger partial charge in [-0.2, -0.15) is 0 Å². The molecule has 0 aromatic heterocycles. The van der Waals surface area contributed by atoms with Crippen molar-refractivity contribution in [2.45, 2.75) is 13.3 Å². The smallest absolute Gasteiger partial charge is 0.153 e. The molecule has 2 aromatic rings. The summed E-state index contributed by atoms with van der Waals surface area (Å²) in [5.41, 5.74) is 3.14. The molecule has 0 unspecified atom stereocenters. The second kappa shape index (κ2) is 7.02. The standard InChI is InChI=1S/C18H13FO/c1-2-15-3-5-16(6-4-15)7-8-17-9-11-18(12-10-17)20-14-13-19/h3-6,9-12H,2H2,1H3. The molecule has 0 atom stereocenters. The summed E-state index contributed by atoms with van der Waals surface area (Å²) >= 11 is 0. The minimum absolute atomic E-state index is 0.494. The molecule has 1 nitrogen and oxygen atoms in total. The lowest BCUT2D eigenvalue weighted by atomic mass is 10.1. The highest BCUT2D eigenvalue weighted by molar-refractivity contribution is 5.44. The lowest BCUT2D eigenvalue weighted by molar-refractivity contribution is 0.513. The number of rotatable bonds is 2. The van der Waals surface area contributed by atoms with Gasteiger partial charge in [0.15, 0.2) is 6.11 Å². The molecule has 0 aliphatic heterocycles. The zero-order valence-corrected chi connectivity index (χ0v) is 11.1. The highest BCUT2D eigenvalue weighted by Gasteiger charge is 1.92. The molecule has 0 aliphatic rings. The van der Waals surface area contributed by atoms with Crippen molar-refractivity contribution < 1.29 is 9.13 Å². The Morgan fingerprint density at radius 3 is 1.95 bits per heavy atom. The maximum atomic E-state index is 11.6. The Hall–Kier alpha value is -2.71. The van der Waals surface area contributed by atoms with Gasteiger partial charge in [0.25, 0.3) is 0 Å². The first kappa shape index (κ1) is 13.7. The normalized spacial score (nSPS) is 8.90. The molecule has 2 aromatic carbocycles. The summed E-state index contributed by atoms with van der Waals surface area (Å²) < 4.78 is 16.4. The predicted octanol–water partition coefficient (Wildman–Crippen LogP) is 3.92. The highest BCUT2D eigenvalue weighted by atomic mass is 19.1. The molecular weight excluding hydrogens is 251 g/mol. The summed E-state index contributed by atoms with van der Waals surface area (Å²) in [6.45, 7) is 2.12. The average molecular weight is 264 g/mol. The van der Waals surface area contributed by atoms with Crippen molar-refractivity contribution in [1.82, 2.24) is 0 Å². The second-order valence-electron chi connectivity index (χ2n) is 4.12. The van der Waals surface area contributed by atoms with Crippen molar-refractivity contribution in [2.24, 2.45) is 0 Å². The van der Waals surface area contributed by atoms with Crippen LogP contribution in [-0.2, 0) is 6.42 Å². The Kier molecular flexibility index (Phi) is 4.81. The lowest BCUT2D eigenvalue weighted by Crippen LogP contribution is -1.83. The van der Waals surface area contributed by atoms with Crippen molar-refractivity contribution in [2.75, 3.05) is 0 Å². The third-order valence-electron chi connectivity index (χ3n) is 2.78. The molecule has 0 amide bonds. The van der Waals surface area contributed by atoms with E-state index in [-0.39, 0.29) is 0 Å². The summed E-state index contributed by atoms with van der Waals surface area (Å²) in [4.78, 5) is 0. The van der Waals surface area contributed by atoms with Gasteiger partial charge in [-0.05, 0) is 48.4 Å². The number of hydrogen-bond acceptors (Lipinski definition) is 1. The molecule has 2 rings (SSSR count). The van der Waals surface area contributed by atoms with Gasteiger partial charge in [0.05, 0.1) is 0 Å². The summed E-state index contributed by atoms with van der Waals surface area (Å²) in [5.74, 6) is 6.66. The Morgan fingerprint density at radius 2 is 1.45 bits per heavy atom. The van der Waals surface area contributed by atoms with Gasteiger partial charge >= 0.3 is 0 Å². The van der Waals surface area contributed by atoms with Crippen LogP contribution >= 0.6 is 0 Å². The maximum Gasteiger partial charge on any atom is 0.153 e. The minimum atomic E-state index is 0.494. The van der Waals surface area contributed by atoms with E-state index in [0.29, 0.717) is 5.75 Å². The molecule has 0 aliphatic carbocycles. The number of benzene rings is 2. The summed E-state index contributed by atoms with van der Waals surface area (Å²) in [5, 5.41) is 0. The predicted molar refractivity (Wildman–Crippen MR) is 77.8 cm³/mol. The van der Waals surface area contributed by atoms with E-state index >= 15 is 0 Å². The monoisotopic (exact) mass is 264 g/mol. The molecule has 0 spiro atoms. The van der Waals surface area contributed by atoms with Crippen LogP contribution in [-0.4, -0.2) is 0 Å². The fraction of sp³-hybridized carbons (Fsp3) is 0.111. The van der Waals surface area contributed by atoms with Crippen LogP contribution in [0, 0.1) is 24.1 Å². The molecule has 0 heterocycles. The molecule has 0 saturated heterocycles. The molecule has 2 heteroatoms. The molecular formula is C18H13FO. The van der Waals surface area contributed by atoms with Crippen LogP contribution in [0.5, 0.6) is 5.75 Å². The number of aryl methyl sites for hydroxylation is 1. The van der Waals surface area contributed by atoms with Gasteiger partial charge < -0.3 is 4.74 Å². The van der Waals surface area contributed by atoms with E-state index in [2.05, 4.69) is 30.9 Å². The zero-order chi connectivity index (χ0) is 14.2. The van der Waals surface area contributed by atoms with Gasteiger partial charge in [0.1, 0.15) is 11.9 Å². The van der Waals surface area contributed by atoms with Gasteiger partial charge in [-0.1, -0.05) is 30.9 Å². The molecule has 98 valence electrons. The molecule has 20 heavy (non-hydrogen) atoms. The van der Waals surface area contributed by atoms with Crippen LogP contribution in [0.4, 0.5) is 4.39 Å². The van der Waals surface area contributed by atoms with Crippen LogP contribution < -0.4 is 4.74 Å². The number of ether oxygens (including phenoxy) is 1. The third-order valence-corrected chi connectivity index (χ3v) is 2.78. The van der Waals surface area contributed by atoms with Gasteiger partial charge in [0.2, 0.25) is 0 Å². The lowest BCUT2D eigenvalue weighted by Gasteiger charge is -1.96. The Morgan fingerprint density at radius 1 is 0.900 bits per heavy atom. The van der Waals surface area contributed by atoms with Crippen LogP contribution in [0.25, 0.3) is 0 Å². The van der Waals surface area contributed by atoms with Crippen molar-refractivity contribution in [3.05, 3.63) is 65.2 Å². The van der Waals surface area contributed by atoms with E-state index in [9.17, 15) is 4.39 Å². The van der Waals surface area contributed by atoms with E-state index in [1.54, 1.807) is 12.1 Å². The largest absolute Gasteiger partial charge is 0.406 e. The van der Waals surface area contributed by atoms with E-state index < -0.39 is 0 Å². The Balaban J connectivity index is 2.08. The van der Waals surface area contributed by atoms with Crippen molar-refractivity contribution in [1.29, 1.82) is 0 Å². The quantitative estimate of drug-likeness (QED) is 0.747. The Bertz CT molecular complexity index is 677. The van der Waals surface area contributed by atoms with E-state index in [0.717, 1.165) is 17.5 Å². The van der Waals surface area contributed by atoms with Gasteiger partial charge in [-0.15, -0.1) is 4.39 Å². The average Bonchev–Trinajstić information content (AvgIpc) is 2.52. The maximum absolute atomic E-state index is 11.6. The fourth-order valence-electron chi connectivity index (χ4n) is 1.65. The van der Waals surface area contributed by atoms with Crippen LogP contribution in [0.2, 0.25) is 0 Å². The van der Waals surface area contributed by atoms with Gasteiger partial charge in [0, 0.05) is 11.1 Å². The fourth-order valence-corrected chi connectivity index (χ4v) is 1.65. The topological polar surface area (TPSA) is 9.23 Å². The summed E-state index contributed by atoms with van der Waals surface area (Å²) in [7, 11) is 0. The van der Waals surface area contributed by atoms with Gasteiger partial charge in [-0.3, -0.25) is 0 Å². The molecule has 0 fully saturated rings. The molecule has 0 bridgehead atoms. The first-order chi connectivity index (χ1) is 9.81. The number of halogens is 1. The summed E-state index contributed by atoms with van der Waals surface area (Å²) in [6, 6.07) is 15.2. The molecule has 0 saturated carbocycles. The van der Waals surface area contributed by atoms with Crippen LogP contribution in [0.3, 0.4) is 0 Å². The molecule has 0 radical (unpaired) electrons. The van der Waals surface area contributed by atoms with Crippen molar-refractivity contribution in [3.8, 4) is 29.9 Å². The second-order valence-corrected chi connectivity index (χ2v) is 4.12. The first-order valence-electron chi connectivity index (χ1n) is 6.30. The van der Waals surface area contributed by atoms with Crippen LogP contribution in [0.15, 0.2) is 48.5 Å². The first-order valence-corrected chi connectivity index (χ1v) is 6.30. The van der Waals surface area contributed by atoms with Crippen LogP contribution in [0.1, 0.15) is 23.6 Å². The van der Waals surface area contributed by atoms with E-state index in [4.69, 9.17) is 4.74 Å². The minimum Gasteiger partial charge on any atom is -0.406 e. The third kappa shape index (κ3) is 3.90. The molecule has 0 N–H and O–H groups in total. The summed E-state index contributed by atoms with van der Waals surface area (Å²) in [6.07, 6.45) is 4.11. The number of hydrogen-bond donors (Lipinski definition) is 0. The van der Waals surface area contributed by atoms with Gasteiger partial charge in [-0.25, -0.2) is 0 Å². The van der Waals surface area contributed by atoms with Crippen molar-refractivity contribution >= 4 is 0 Å². The highest BCUT2D eigenvalue weighted by Crippen LogP contribution is 2.11. The zero-order valence-electron chi connectivity index (χ0n) is 11.1. The van der Waals surface area contributed by atoms with Crippen molar-refractivity contribution in [3.63, 3.8) is 0 Å². The van der Waals surface area contributed by atoms with E-state index in [1.807, 2.05) is 30.4 Å². The van der Waals surface area contributed by atoms with E-state index in [1.165, 1.54) is 11.7 Å².